The van der Waals surface area contributed by atoms with Gasteiger partial charge in [0.2, 0.25) is 0 Å². The average molecular weight is 312 g/mol. The molecule has 6 heteroatoms. The number of hydrogen-bond acceptors (Lipinski definition) is 3. The Morgan fingerprint density at radius 2 is 1.76 bits per heavy atom. The van der Waals surface area contributed by atoms with Crippen LogP contribution in [0, 0.1) is 11.6 Å². The molecular weight excluding hydrogens is 296 g/mol. The highest BCUT2D eigenvalue weighted by atomic mass is 35.5. The molecule has 0 aliphatic rings. The number of nitrogens with zero attached hydrogens (tertiary/aromatic N) is 1. The number of nitrogens with one attached hydrogen (secondary N) is 2. The molecule has 0 fully saturated rings. The first-order valence-electron chi connectivity index (χ1n) is 6.63. The van der Waals surface area contributed by atoms with Gasteiger partial charge in [-0.15, -0.1) is 0 Å². The van der Waals surface area contributed by atoms with Crippen LogP contribution in [0.15, 0.2) is 30.3 Å². The van der Waals surface area contributed by atoms with Crippen LogP contribution in [-0.2, 0) is 0 Å². The number of halogens is 3. The van der Waals surface area contributed by atoms with E-state index >= 15 is 0 Å². The van der Waals surface area contributed by atoms with Crippen LogP contribution >= 0.6 is 11.6 Å². The van der Waals surface area contributed by atoms with Crippen LogP contribution in [0.3, 0.4) is 0 Å². The topological polar surface area (TPSA) is 37.0 Å². The van der Waals surface area contributed by atoms with Gasteiger partial charge in [-0.25, -0.2) is 13.8 Å². The van der Waals surface area contributed by atoms with Gasteiger partial charge in [0.25, 0.3) is 0 Å². The van der Waals surface area contributed by atoms with Gasteiger partial charge in [-0.2, -0.15) is 0 Å². The Balaban J connectivity index is 2.22. The summed E-state index contributed by atoms with van der Waals surface area (Å²) >= 11 is 5.83. The lowest BCUT2D eigenvalue weighted by atomic mass is 10.1. The molecule has 1 aromatic carbocycles. The van der Waals surface area contributed by atoms with Gasteiger partial charge in [-0.3, -0.25) is 0 Å². The van der Waals surface area contributed by atoms with Crippen molar-refractivity contribution in [2.24, 2.45) is 0 Å². The fourth-order valence-corrected chi connectivity index (χ4v) is 2.03. The summed E-state index contributed by atoms with van der Waals surface area (Å²) in [6.45, 7) is 4.18. The maximum Gasteiger partial charge on any atom is 0.168 e. The second-order valence-electron chi connectivity index (χ2n) is 4.60. The highest BCUT2D eigenvalue weighted by Gasteiger charge is 2.14. The molecule has 1 heterocycles. The molecule has 0 saturated heterocycles. The first-order chi connectivity index (χ1) is 10.0. The van der Waals surface area contributed by atoms with Gasteiger partial charge in [0, 0.05) is 17.6 Å². The van der Waals surface area contributed by atoms with Crippen molar-refractivity contribution in [1.82, 2.24) is 4.98 Å². The fourth-order valence-electron chi connectivity index (χ4n) is 1.90. The third-order valence-electron chi connectivity index (χ3n) is 3.00. The first kappa shape index (κ1) is 15.5. The molecule has 0 radical (unpaired) electrons. The maximum absolute atomic E-state index is 13.8. The number of rotatable bonds is 5. The molecular formula is C15H16ClF2N3. The van der Waals surface area contributed by atoms with Crippen LogP contribution in [-0.4, -0.2) is 11.5 Å². The maximum atomic E-state index is 13.8. The van der Waals surface area contributed by atoms with Gasteiger partial charge in [0.1, 0.15) is 0 Å². The summed E-state index contributed by atoms with van der Waals surface area (Å²) in [6, 6.07) is 7.83. The van der Waals surface area contributed by atoms with Gasteiger partial charge in [-0.1, -0.05) is 23.7 Å². The monoisotopic (exact) mass is 311 g/mol. The molecule has 0 amide bonds. The summed E-state index contributed by atoms with van der Waals surface area (Å²) < 4.78 is 27.3. The summed E-state index contributed by atoms with van der Waals surface area (Å²) in [5, 5.41) is 6.32. The van der Waals surface area contributed by atoms with E-state index in [0.717, 1.165) is 11.6 Å². The van der Waals surface area contributed by atoms with Gasteiger partial charge in [-0.05, 0) is 31.5 Å². The molecule has 2 N–H and O–H groups in total. The number of benzene rings is 1. The Labute approximate surface area is 127 Å². The van der Waals surface area contributed by atoms with Crippen molar-refractivity contribution in [1.29, 1.82) is 0 Å². The van der Waals surface area contributed by atoms with Crippen LogP contribution in [0.25, 0.3) is 0 Å². The third kappa shape index (κ3) is 3.82. The standard InChI is InChI=1S/C15H16ClF2N3/c1-3-19-14-12(17)8-13(18)15(21-14)20-9(2)10-4-6-11(16)7-5-10/h4-9H,3H2,1-2H3,(H2,19,20,21). The van der Waals surface area contributed by atoms with Crippen LogP contribution in [0.4, 0.5) is 20.4 Å². The highest BCUT2D eigenvalue weighted by Crippen LogP contribution is 2.24. The normalized spacial score (nSPS) is 12.0. The molecule has 0 aliphatic heterocycles. The van der Waals surface area contributed by atoms with Crippen molar-refractivity contribution >= 4 is 23.2 Å². The lowest BCUT2D eigenvalue weighted by Gasteiger charge is -2.16. The van der Waals surface area contributed by atoms with Gasteiger partial charge in [0.05, 0.1) is 6.04 Å². The van der Waals surface area contributed by atoms with Crippen LogP contribution in [0.1, 0.15) is 25.5 Å². The number of aromatic nitrogens is 1. The van der Waals surface area contributed by atoms with Crippen LogP contribution in [0.2, 0.25) is 5.02 Å². The lowest BCUT2D eigenvalue weighted by Crippen LogP contribution is -2.12. The zero-order valence-electron chi connectivity index (χ0n) is 11.8. The Morgan fingerprint density at radius 3 is 2.38 bits per heavy atom. The lowest BCUT2D eigenvalue weighted by molar-refractivity contribution is 0.576. The van der Waals surface area contributed by atoms with Crippen molar-refractivity contribution in [3.8, 4) is 0 Å². The van der Waals surface area contributed by atoms with E-state index in [2.05, 4.69) is 15.6 Å². The van der Waals surface area contributed by atoms with Gasteiger partial charge < -0.3 is 10.6 Å². The molecule has 3 nitrogen and oxygen atoms in total. The Hall–Kier alpha value is -1.88. The van der Waals surface area contributed by atoms with E-state index in [0.29, 0.717) is 11.6 Å². The van der Waals surface area contributed by atoms with E-state index in [-0.39, 0.29) is 17.7 Å². The van der Waals surface area contributed by atoms with Crippen LogP contribution in [0.5, 0.6) is 0 Å². The highest BCUT2D eigenvalue weighted by molar-refractivity contribution is 6.30. The smallest absolute Gasteiger partial charge is 0.168 e. The van der Waals surface area contributed by atoms with Crippen molar-refractivity contribution in [2.45, 2.75) is 19.9 Å². The Morgan fingerprint density at radius 1 is 1.14 bits per heavy atom. The van der Waals surface area contributed by atoms with E-state index in [1.165, 1.54) is 0 Å². The summed E-state index contributed by atoms with van der Waals surface area (Å²) in [5.41, 5.74) is 0.926. The number of hydrogen-bond donors (Lipinski definition) is 2. The molecule has 21 heavy (non-hydrogen) atoms. The molecule has 0 spiro atoms. The molecule has 1 atom stereocenters. The molecule has 2 rings (SSSR count). The minimum atomic E-state index is -0.727. The van der Waals surface area contributed by atoms with Crippen molar-refractivity contribution in [2.75, 3.05) is 17.2 Å². The molecule has 1 unspecified atom stereocenters. The van der Waals surface area contributed by atoms with Crippen molar-refractivity contribution in [3.05, 3.63) is 52.6 Å². The van der Waals surface area contributed by atoms with Gasteiger partial charge in [0.15, 0.2) is 23.3 Å². The molecule has 0 aliphatic carbocycles. The fraction of sp³-hybridized carbons (Fsp3) is 0.267. The Bertz CT molecular complexity index is 617. The number of pyridine rings is 1. The minimum absolute atomic E-state index is 0.00907. The minimum Gasteiger partial charge on any atom is -0.368 e. The quantitative estimate of drug-likeness (QED) is 0.846. The SMILES string of the molecule is CCNc1nc(NC(C)c2ccc(Cl)cc2)c(F)cc1F. The molecule has 112 valence electrons. The molecule has 0 bridgehead atoms. The van der Waals surface area contributed by atoms with E-state index in [1.54, 1.807) is 12.1 Å². The predicted molar refractivity (Wildman–Crippen MR) is 81.8 cm³/mol. The summed E-state index contributed by atoms with van der Waals surface area (Å²) in [4.78, 5) is 3.95. The zero-order valence-corrected chi connectivity index (χ0v) is 12.5. The summed E-state index contributed by atoms with van der Waals surface area (Å²) in [6.07, 6.45) is 0. The molecule has 2 aromatic rings. The molecule has 1 aromatic heterocycles. The first-order valence-corrected chi connectivity index (χ1v) is 7.01. The Kier molecular flexibility index (Phi) is 4.96. The summed E-state index contributed by atoms with van der Waals surface area (Å²) in [7, 11) is 0. The largest absolute Gasteiger partial charge is 0.368 e. The van der Waals surface area contributed by atoms with Gasteiger partial charge >= 0.3 is 0 Å². The second-order valence-corrected chi connectivity index (χ2v) is 5.03. The second kappa shape index (κ2) is 6.72. The predicted octanol–water partition coefficient (Wildman–Crippen LogP) is 4.62. The summed E-state index contributed by atoms with van der Waals surface area (Å²) in [5.74, 6) is -1.39. The van der Waals surface area contributed by atoms with Crippen molar-refractivity contribution in [3.63, 3.8) is 0 Å². The van der Waals surface area contributed by atoms with E-state index in [4.69, 9.17) is 11.6 Å². The molecule has 0 saturated carbocycles. The third-order valence-corrected chi connectivity index (χ3v) is 3.25. The zero-order chi connectivity index (χ0) is 15.4. The average Bonchev–Trinajstić information content (AvgIpc) is 2.45. The van der Waals surface area contributed by atoms with Crippen molar-refractivity contribution < 1.29 is 8.78 Å². The van der Waals surface area contributed by atoms with E-state index < -0.39 is 11.6 Å². The van der Waals surface area contributed by atoms with Crippen LogP contribution < -0.4 is 10.6 Å². The number of anilines is 2. The van der Waals surface area contributed by atoms with E-state index in [1.807, 2.05) is 26.0 Å². The van der Waals surface area contributed by atoms with E-state index in [9.17, 15) is 8.78 Å².